The van der Waals surface area contributed by atoms with Gasteiger partial charge in [-0.25, -0.2) is 0 Å². The Morgan fingerprint density at radius 3 is 0.840 bits per heavy atom. The van der Waals surface area contributed by atoms with Gasteiger partial charge >= 0.3 is 34.1 Å². The van der Waals surface area contributed by atoms with Gasteiger partial charge in [0.15, 0.2) is 0 Å². The van der Waals surface area contributed by atoms with Crippen LogP contribution in [0.1, 0.15) is 170 Å². The molecule has 6 saturated heterocycles. The smallest absolute Gasteiger partial charge is 0.657 e. The second kappa shape index (κ2) is 21.1. The van der Waals surface area contributed by atoms with E-state index >= 15 is 0 Å². The van der Waals surface area contributed by atoms with Gasteiger partial charge in [-0.1, -0.05) is 181 Å². The Kier molecular flexibility index (Phi) is 19.1. The van der Waals surface area contributed by atoms with E-state index in [0.29, 0.717) is 72.5 Å². The van der Waals surface area contributed by atoms with Crippen molar-refractivity contribution in [2.45, 2.75) is 242 Å². The van der Waals surface area contributed by atoms with E-state index in [1.54, 1.807) is 0 Å². The molecule has 6 heterocycles. The molecule has 0 aromatic carbocycles. The van der Waals surface area contributed by atoms with Crippen LogP contribution in [-0.2, 0) is 34.1 Å². The van der Waals surface area contributed by atoms with Crippen molar-refractivity contribution in [3.05, 3.63) is 31.9 Å². The third-order valence-corrected chi connectivity index (χ3v) is 14.1. The van der Waals surface area contributed by atoms with Crippen LogP contribution < -0.4 is 0 Å². The summed E-state index contributed by atoms with van der Waals surface area (Å²) in [6, 6.07) is 5.34. The number of rotatable bonds is 9. The van der Waals surface area contributed by atoms with Crippen LogP contribution in [0.15, 0.2) is 0 Å². The Morgan fingerprint density at radius 2 is 0.600 bits per heavy atom. The molecular weight excluding hydrogens is 724 g/mol. The van der Waals surface area contributed by atoms with E-state index < -0.39 is 0 Å². The third-order valence-electron chi connectivity index (χ3n) is 14.1. The molecule has 6 aliphatic heterocycles. The minimum Gasteiger partial charge on any atom is -0.657 e. The van der Waals surface area contributed by atoms with Crippen LogP contribution in [0.25, 0.3) is 31.9 Å². The van der Waals surface area contributed by atoms with E-state index in [-0.39, 0.29) is 45.0 Å². The van der Waals surface area contributed by atoms with Crippen molar-refractivity contribution in [2.24, 2.45) is 10.8 Å². The topological polar surface area (TPSA) is 125 Å². The molecule has 0 amide bonds. The van der Waals surface area contributed by atoms with E-state index in [0.717, 1.165) is 0 Å². The molecule has 0 aliphatic carbocycles. The molecular formula is C40H72Cu2N6O2-4. The molecule has 0 spiro atoms. The van der Waals surface area contributed by atoms with Crippen molar-refractivity contribution in [1.29, 1.82) is 0 Å². The molecule has 0 aromatic rings. The van der Waals surface area contributed by atoms with Gasteiger partial charge in [0.05, 0.1) is 0 Å². The molecule has 12 unspecified atom stereocenters. The Morgan fingerprint density at radius 1 is 0.380 bits per heavy atom. The molecule has 6 aliphatic rings. The van der Waals surface area contributed by atoms with Crippen molar-refractivity contribution < 1.29 is 44.7 Å². The second-order valence-electron chi connectivity index (χ2n) is 17.6. The second-order valence-corrected chi connectivity index (χ2v) is 17.6. The zero-order valence-corrected chi connectivity index (χ0v) is 34.1. The molecule has 0 radical (unpaired) electrons. The Balaban J connectivity index is 0.00000166. The van der Waals surface area contributed by atoms with E-state index in [2.05, 4.69) is 41.5 Å². The summed E-state index contributed by atoms with van der Waals surface area (Å²) in [5, 5.41) is 45.3. The number of hydrogen-bond acceptors (Lipinski definition) is 2. The fourth-order valence-corrected chi connectivity index (χ4v) is 11.1. The first kappa shape index (κ1) is 45.1. The molecule has 300 valence electrons. The van der Waals surface area contributed by atoms with Crippen molar-refractivity contribution in [3.8, 4) is 0 Å². The fraction of sp³-hybridized carbons (Fsp3) is 1.00. The van der Waals surface area contributed by atoms with Gasteiger partial charge in [0.1, 0.15) is 0 Å². The van der Waals surface area contributed by atoms with Gasteiger partial charge in [0.25, 0.3) is 0 Å². The standard InChI is InChI=1S/C40H70N6.2Cu.H2O2/c1-27-13-7-19-33(41-27)39(5,34-20-8-14-28(2)42-34)37-23-11-17-31(45-37)25-26-32-18-12-24-38(46-32)40(6,35-21-9-15-29(3)43-35)36-22-10-16-30(4)44-36;;;1-2/h27-38H,7-26H2,1-6H3;;;1-2H/q-6;2*+1;. The van der Waals surface area contributed by atoms with Crippen LogP contribution in [0.2, 0.25) is 0 Å². The summed E-state index contributed by atoms with van der Waals surface area (Å²) >= 11 is 0. The number of piperidine rings is 6. The first-order valence-corrected chi connectivity index (χ1v) is 20.6. The monoisotopic (exact) mass is 794 g/mol. The van der Waals surface area contributed by atoms with Crippen molar-refractivity contribution >= 4 is 0 Å². The molecule has 50 heavy (non-hydrogen) atoms. The summed E-state index contributed by atoms with van der Waals surface area (Å²) in [5.41, 5.74) is 0.150. The number of hydrogen-bond donors (Lipinski definition) is 2. The first-order chi connectivity index (χ1) is 23.2. The van der Waals surface area contributed by atoms with Gasteiger partial charge in [0.2, 0.25) is 0 Å². The third kappa shape index (κ3) is 10.7. The predicted molar refractivity (Wildman–Crippen MR) is 202 cm³/mol. The van der Waals surface area contributed by atoms with E-state index in [4.69, 9.17) is 42.4 Å². The van der Waals surface area contributed by atoms with Gasteiger partial charge in [-0.15, -0.1) is 72.5 Å². The molecule has 8 nitrogen and oxygen atoms in total. The van der Waals surface area contributed by atoms with Crippen LogP contribution in [0, 0.1) is 10.8 Å². The maximum atomic E-state index is 6.00. The van der Waals surface area contributed by atoms with Gasteiger partial charge < -0.3 is 31.9 Å². The summed E-state index contributed by atoms with van der Waals surface area (Å²) in [4.78, 5) is 0. The Bertz CT molecular complexity index is 847. The summed E-state index contributed by atoms with van der Waals surface area (Å²) in [6.07, 6.45) is 25.2. The van der Waals surface area contributed by atoms with E-state index in [1.807, 2.05) is 0 Å². The van der Waals surface area contributed by atoms with Crippen LogP contribution >= 0.6 is 0 Å². The maximum absolute atomic E-state index is 6.00. The molecule has 10 heteroatoms. The summed E-state index contributed by atoms with van der Waals surface area (Å²) in [6.45, 7) is 14.5. The molecule has 12 atom stereocenters. The van der Waals surface area contributed by atoms with Crippen molar-refractivity contribution in [1.82, 2.24) is 0 Å². The first-order valence-electron chi connectivity index (χ1n) is 20.6. The molecule has 0 aromatic heterocycles. The van der Waals surface area contributed by atoms with Gasteiger partial charge in [0, 0.05) is 0 Å². The summed E-state index contributed by atoms with van der Waals surface area (Å²) in [7, 11) is 0. The number of nitrogens with zero attached hydrogens (tertiary/aromatic N) is 6. The Hall–Kier alpha value is 0.719. The van der Waals surface area contributed by atoms with Crippen LogP contribution in [0.3, 0.4) is 0 Å². The largest absolute Gasteiger partial charge is 1.00 e. The minimum atomic E-state index is 0. The minimum absolute atomic E-state index is 0. The average molecular weight is 796 g/mol. The SMILES string of the molecule is CC1CCCC(C(C)(C2CCCC(C)[N-]2)C2CCCC(CCC3CCCC(C(C)(C4CCCC(C)[N-]4)C4CCCC(C)[N-]4)[N-]3)[N-]2)[N-]1.OO.[Cu+].[Cu+]. The van der Waals surface area contributed by atoms with Gasteiger partial charge in [-0.05, 0) is 0 Å². The molecule has 6 rings (SSSR count). The van der Waals surface area contributed by atoms with Crippen molar-refractivity contribution in [2.75, 3.05) is 0 Å². The van der Waals surface area contributed by atoms with E-state index in [1.165, 1.54) is 128 Å². The predicted octanol–water partition coefficient (Wildman–Crippen LogP) is 11.6. The molecule has 6 fully saturated rings. The maximum Gasteiger partial charge on any atom is 1.00 e. The molecule has 0 saturated carbocycles. The summed E-state index contributed by atoms with van der Waals surface area (Å²) < 4.78 is 0. The van der Waals surface area contributed by atoms with E-state index in [9.17, 15) is 0 Å². The van der Waals surface area contributed by atoms with Gasteiger partial charge in [-0.2, -0.15) is 0 Å². The summed E-state index contributed by atoms with van der Waals surface area (Å²) in [5.74, 6) is 0. The van der Waals surface area contributed by atoms with Crippen LogP contribution in [0.4, 0.5) is 0 Å². The van der Waals surface area contributed by atoms with Crippen LogP contribution in [-0.4, -0.2) is 83.0 Å². The van der Waals surface area contributed by atoms with Gasteiger partial charge in [-0.3, -0.25) is 10.5 Å². The van der Waals surface area contributed by atoms with Crippen molar-refractivity contribution in [3.63, 3.8) is 0 Å². The van der Waals surface area contributed by atoms with Crippen LogP contribution in [0.5, 0.6) is 0 Å². The average Bonchev–Trinajstić information content (AvgIpc) is 3.11. The Labute approximate surface area is 328 Å². The molecule has 0 bridgehead atoms. The fourth-order valence-electron chi connectivity index (χ4n) is 11.1. The zero-order valence-electron chi connectivity index (χ0n) is 32.3. The molecule has 2 N–H and O–H groups in total. The normalized spacial score (nSPS) is 42.2. The quantitative estimate of drug-likeness (QED) is 0.137. The zero-order chi connectivity index (χ0) is 34.3.